The lowest BCUT2D eigenvalue weighted by Crippen LogP contribution is -2.25. The highest BCUT2D eigenvalue weighted by atomic mass is 32.1. The van der Waals surface area contributed by atoms with E-state index in [1.807, 2.05) is 14.1 Å². The Bertz CT molecular complexity index is 456. The molecule has 2 rings (SSSR count). The molecule has 1 aliphatic rings. The average Bonchev–Trinajstić information content (AvgIpc) is 3.10. The van der Waals surface area contributed by atoms with Crippen LogP contribution in [0.5, 0.6) is 0 Å². The fourth-order valence-electron chi connectivity index (χ4n) is 1.79. The Labute approximate surface area is 123 Å². The zero-order valence-electron chi connectivity index (χ0n) is 12.1. The third-order valence-corrected chi connectivity index (χ3v) is 4.08. The predicted molar refractivity (Wildman–Crippen MR) is 83.3 cm³/mol. The lowest BCUT2D eigenvalue weighted by molar-refractivity contribution is 0.0957. The molecule has 20 heavy (non-hydrogen) atoms. The first-order valence-electron chi connectivity index (χ1n) is 7.02. The lowest BCUT2D eigenvalue weighted by Gasteiger charge is -2.09. The highest BCUT2D eigenvalue weighted by molar-refractivity contribution is 7.18. The van der Waals surface area contributed by atoms with Gasteiger partial charge in [-0.25, -0.2) is 4.98 Å². The first-order valence-corrected chi connectivity index (χ1v) is 7.83. The summed E-state index contributed by atoms with van der Waals surface area (Å²) in [6, 6.07) is 0.516. The van der Waals surface area contributed by atoms with Gasteiger partial charge in [0.2, 0.25) is 0 Å². The lowest BCUT2D eigenvalue weighted by atomic mass is 10.3. The van der Waals surface area contributed by atoms with Crippen molar-refractivity contribution in [1.82, 2.24) is 15.2 Å². The highest BCUT2D eigenvalue weighted by Gasteiger charge is 2.24. The Kier molecular flexibility index (Phi) is 5.19. The molecule has 0 spiro atoms. The molecule has 0 saturated heterocycles. The summed E-state index contributed by atoms with van der Waals surface area (Å²) in [6.45, 7) is 1.71. The summed E-state index contributed by atoms with van der Waals surface area (Å²) >= 11 is 1.34. The number of rotatable bonds is 8. The Morgan fingerprint density at radius 3 is 2.85 bits per heavy atom. The Morgan fingerprint density at radius 1 is 1.45 bits per heavy atom. The number of thiazole rings is 1. The SMILES string of the molecule is CN(C)CCCCNC(=O)c1sc(NC2CC2)nc1N. The molecule has 0 bridgehead atoms. The summed E-state index contributed by atoms with van der Waals surface area (Å²) in [7, 11) is 4.09. The molecule has 112 valence electrons. The molecule has 0 atom stereocenters. The van der Waals surface area contributed by atoms with Crippen LogP contribution in [0.15, 0.2) is 0 Å². The van der Waals surface area contributed by atoms with Crippen molar-refractivity contribution in [3.05, 3.63) is 4.88 Å². The van der Waals surface area contributed by atoms with Gasteiger partial charge in [-0.1, -0.05) is 11.3 Å². The van der Waals surface area contributed by atoms with Crippen LogP contribution in [0.2, 0.25) is 0 Å². The summed E-state index contributed by atoms with van der Waals surface area (Å²) in [5.41, 5.74) is 5.80. The minimum Gasteiger partial charge on any atom is -0.382 e. The summed E-state index contributed by atoms with van der Waals surface area (Å²) in [4.78, 5) is 18.9. The second-order valence-electron chi connectivity index (χ2n) is 5.42. The number of carbonyl (C=O) groups is 1. The molecule has 1 aromatic rings. The second-order valence-corrected chi connectivity index (χ2v) is 6.42. The van der Waals surface area contributed by atoms with Gasteiger partial charge in [-0.3, -0.25) is 4.79 Å². The van der Waals surface area contributed by atoms with E-state index < -0.39 is 0 Å². The molecule has 1 heterocycles. The molecule has 7 heteroatoms. The number of hydrogen-bond acceptors (Lipinski definition) is 6. The van der Waals surface area contributed by atoms with Crippen molar-refractivity contribution >= 4 is 28.2 Å². The summed E-state index contributed by atoms with van der Waals surface area (Å²) in [6.07, 6.45) is 4.38. The van der Waals surface area contributed by atoms with Crippen molar-refractivity contribution in [3.8, 4) is 0 Å². The van der Waals surface area contributed by atoms with Crippen LogP contribution in [0.25, 0.3) is 0 Å². The molecule has 1 aliphatic carbocycles. The van der Waals surface area contributed by atoms with Gasteiger partial charge in [0.25, 0.3) is 5.91 Å². The number of nitrogen functional groups attached to an aromatic ring is 1. The van der Waals surface area contributed by atoms with Crippen LogP contribution < -0.4 is 16.4 Å². The van der Waals surface area contributed by atoms with Gasteiger partial charge in [0.15, 0.2) is 5.13 Å². The number of nitrogens with one attached hydrogen (secondary N) is 2. The zero-order chi connectivity index (χ0) is 14.5. The van der Waals surface area contributed by atoms with Crippen LogP contribution in [-0.2, 0) is 0 Å². The molecule has 4 N–H and O–H groups in total. The van der Waals surface area contributed by atoms with Crippen LogP contribution >= 0.6 is 11.3 Å². The van der Waals surface area contributed by atoms with E-state index in [0.717, 1.165) is 24.5 Å². The zero-order valence-corrected chi connectivity index (χ0v) is 12.9. The van der Waals surface area contributed by atoms with Crippen molar-refractivity contribution in [2.75, 3.05) is 38.2 Å². The van der Waals surface area contributed by atoms with Crippen molar-refractivity contribution in [3.63, 3.8) is 0 Å². The van der Waals surface area contributed by atoms with Gasteiger partial charge in [-0.15, -0.1) is 0 Å². The Balaban J connectivity index is 1.75. The van der Waals surface area contributed by atoms with E-state index in [4.69, 9.17) is 5.73 Å². The van der Waals surface area contributed by atoms with Crippen molar-refractivity contribution in [1.29, 1.82) is 0 Å². The first-order chi connectivity index (χ1) is 9.56. The Morgan fingerprint density at radius 2 is 2.20 bits per heavy atom. The van der Waals surface area contributed by atoms with E-state index in [0.29, 0.717) is 23.3 Å². The number of aromatic nitrogens is 1. The van der Waals surface area contributed by atoms with Gasteiger partial charge in [-0.05, 0) is 46.3 Å². The molecule has 0 radical (unpaired) electrons. The second kappa shape index (κ2) is 6.90. The molecule has 0 unspecified atom stereocenters. The summed E-state index contributed by atoms with van der Waals surface area (Å²) in [5, 5.41) is 6.92. The smallest absolute Gasteiger partial charge is 0.265 e. The normalized spacial score (nSPS) is 14.6. The minimum absolute atomic E-state index is 0.117. The first kappa shape index (κ1) is 15.1. The van der Waals surface area contributed by atoms with Gasteiger partial charge in [-0.2, -0.15) is 0 Å². The fourth-order valence-corrected chi connectivity index (χ4v) is 2.67. The van der Waals surface area contributed by atoms with E-state index in [2.05, 4.69) is 20.5 Å². The van der Waals surface area contributed by atoms with Crippen molar-refractivity contribution in [2.24, 2.45) is 0 Å². The largest absolute Gasteiger partial charge is 0.382 e. The molecular formula is C13H23N5OS. The van der Waals surface area contributed by atoms with Gasteiger partial charge in [0, 0.05) is 12.6 Å². The van der Waals surface area contributed by atoms with E-state index >= 15 is 0 Å². The van der Waals surface area contributed by atoms with Crippen LogP contribution in [0.3, 0.4) is 0 Å². The molecule has 1 saturated carbocycles. The maximum atomic E-state index is 12.0. The summed E-state index contributed by atoms with van der Waals surface area (Å²) < 4.78 is 0. The third-order valence-electron chi connectivity index (χ3n) is 3.08. The van der Waals surface area contributed by atoms with Crippen LogP contribution in [0.1, 0.15) is 35.4 Å². The van der Waals surface area contributed by atoms with E-state index in [9.17, 15) is 4.79 Å². The van der Waals surface area contributed by atoms with Gasteiger partial charge < -0.3 is 21.3 Å². The number of amides is 1. The minimum atomic E-state index is -0.117. The van der Waals surface area contributed by atoms with Crippen molar-refractivity contribution in [2.45, 2.75) is 31.7 Å². The molecule has 1 fully saturated rings. The van der Waals surface area contributed by atoms with Gasteiger partial charge in [0.05, 0.1) is 0 Å². The standard InChI is InChI=1S/C13H23N5OS/c1-18(2)8-4-3-7-15-12(19)10-11(14)17-13(20-10)16-9-5-6-9/h9H,3-8,14H2,1-2H3,(H,15,19)(H,16,17). The highest BCUT2D eigenvalue weighted by Crippen LogP contribution is 2.30. The molecular weight excluding hydrogens is 274 g/mol. The molecule has 6 nitrogen and oxygen atoms in total. The van der Waals surface area contributed by atoms with E-state index in [1.54, 1.807) is 0 Å². The van der Waals surface area contributed by atoms with Crippen molar-refractivity contribution < 1.29 is 4.79 Å². The van der Waals surface area contributed by atoms with Crippen LogP contribution in [0.4, 0.5) is 10.9 Å². The quantitative estimate of drug-likeness (QED) is 0.631. The van der Waals surface area contributed by atoms with Gasteiger partial charge in [0.1, 0.15) is 10.7 Å². The summed E-state index contributed by atoms with van der Waals surface area (Å²) in [5.74, 6) is 0.206. The number of carbonyl (C=O) groups excluding carboxylic acids is 1. The van der Waals surface area contributed by atoms with E-state index in [1.165, 1.54) is 24.2 Å². The maximum absolute atomic E-state index is 12.0. The molecule has 1 aromatic heterocycles. The van der Waals surface area contributed by atoms with Crippen LogP contribution in [-0.4, -0.2) is 49.0 Å². The molecule has 0 aliphatic heterocycles. The topological polar surface area (TPSA) is 83.3 Å². The number of anilines is 2. The number of unbranched alkanes of at least 4 members (excludes halogenated alkanes) is 1. The van der Waals surface area contributed by atoms with E-state index in [-0.39, 0.29) is 5.91 Å². The molecule has 1 amide bonds. The number of nitrogens with zero attached hydrogens (tertiary/aromatic N) is 2. The van der Waals surface area contributed by atoms with Crippen LogP contribution in [0, 0.1) is 0 Å². The average molecular weight is 297 g/mol. The fraction of sp³-hybridized carbons (Fsp3) is 0.692. The monoisotopic (exact) mass is 297 g/mol. The molecule has 0 aromatic carbocycles. The third kappa shape index (κ3) is 4.64. The Hall–Kier alpha value is -1.34. The maximum Gasteiger partial charge on any atom is 0.265 e. The predicted octanol–water partition coefficient (Wildman–Crippen LogP) is 1.37. The number of nitrogens with two attached hydrogens (primary N) is 1. The van der Waals surface area contributed by atoms with Gasteiger partial charge >= 0.3 is 0 Å². The number of hydrogen-bond donors (Lipinski definition) is 3.